The molecular weight excluding hydrogens is 332 g/mol. The Bertz CT molecular complexity index is 871. The van der Waals surface area contributed by atoms with Gasteiger partial charge in [0.25, 0.3) is 10.0 Å². The maximum Gasteiger partial charge on any atom is 0.356 e. The van der Waals surface area contributed by atoms with E-state index in [1.807, 2.05) is 0 Å². The second kappa shape index (κ2) is 7.26. The molecule has 0 radical (unpaired) electrons. The van der Waals surface area contributed by atoms with E-state index in [1.54, 1.807) is 39.0 Å². The Morgan fingerprint density at radius 1 is 1.38 bits per heavy atom. The molecule has 24 heavy (non-hydrogen) atoms. The molecule has 9 heteroatoms. The summed E-state index contributed by atoms with van der Waals surface area (Å²) in [6.45, 7) is 5.22. The lowest BCUT2D eigenvalue weighted by Gasteiger charge is -2.06. The van der Waals surface area contributed by atoms with Crippen LogP contribution in [-0.4, -0.2) is 36.9 Å². The van der Waals surface area contributed by atoms with Gasteiger partial charge in [-0.1, -0.05) is 18.2 Å². The molecule has 1 aromatic heterocycles. The van der Waals surface area contributed by atoms with Gasteiger partial charge in [-0.2, -0.15) is 23.4 Å². The van der Waals surface area contributed by atoms with Crippen LogP contribution in [0.4, 0.5) is 0 Å². The van der Waals surface area contributed by atoms with Gasteiger partial charge in [-0.15, -0.1) is 0 Å². The predicted molar refractivity (Wildman–Crippen MR) is 88.3 cm³/mol. The van der Waals surface area contributed by atoms with Gasteiger partial charge in [0.05, 0.1) is 17.2 Å². The summed E-state index contributed by atoms with van der Waals surface area (Å²) in [4.78, 5) is 13.9. The van der Waals surface area contributed by atoms with E-state index in [0.717, 1.165) is 0 Å². The number of aryl methyl sites for hydroxylation is 1. The first kappa shape index (κ1) is 17.7. The predicted octanol–water partition coefficient (Wildman–Crippen LogP) is 1.60. The van der Waals surface area contributed by atoms with Crippen molar-refractivity contribution in [3.8, 4) is 0 Å². The number of esters is 1. The van der Waals surface area contributed by atoms with Crippen molar-refractivity contribution in [2.24, 2.45) is 5.10 Å². The monoisotopic (exact) mass is 350 g/mol. The van der Waals surface area contributed by atoms with Crippen LogP contribution >= 0.6 is 0 Å². The summed E-state index contributed by atoms with van der Waals surface area (Å²) in [6, 6.07) is 8.03. The molecule has 2 rings (SSSR count). The average molecular weight is 350 g/mol. The summed E-state index contributed by atoms with van der Waals surface area (Å²) in [7, 11) is -3.78. The number of H-pyrrole nitrogens is 1. The number of carbonyl (C=O) groups is 1. The van der Waals surface area contributed by atoms with Crippen molar-refractivity contribution < 1.29 is 17.9 Å². The first-order valence-corrected chi connectivity index (χ1v) is 8.68. The van der Waals surface area contributed by atoms with Crippen LogP contribution in [0, 0.1) is 6.92 Å². The molecule has 0 aliphatic heterocycles. The molecule has 0 amide bonds. The summed E-state index contributed by atoms with van der Waals surface area (Å²) in [6.07, 6.45) is 0. The number of aromatic nitrogens is 2. The third-order valence-electron chi connectivity index (χ3n) is 3.16. The molecule has 0 fully saturated rings. The second-order valence-corrected chi connectivity index (χ2v) is 6.57. The molecule has 1 aromatic carbocycles. The van der Waals surface area contributed by atoms with Crippen LogP contribution in [-0.2, 0) is 14.8 Å². The van der Waals surface area contributed by atoms with E-state index in [1.165, 1.54) is 12.1 Å². The lowest BCUT2D eigenvalue weighted by Crippen LogP contribution is -2.20. The van der Waals surface area contributed by atoms with Crippen LogP contribution in [0.3, 0.4) is 0 Å². The zero-order chi connectivity index (χ0) is 17.7. The highest BCUT2D eigenvalue weighted by Gasteiger charge is 2.16. The van der Waals surface area contributed by atoms with Crippen molar-refractivity contribution in [1.82, 2.24) is 15.0 Å². The summed E-state index contributed by atoms with van der Waals surface area (Å²) in [5.74, 6) is -0.537. The van der Waals surface area contributed by atoms with E-state index < -0.39 is 16.0 Å². The first-order chi connectivity index (χ1) is 11.3. The minimum atomic E-state index is -3.78. The van der Waals surface area contributed by atoms with Crippen molar-refractivity contribution in [3.05, 3.63) is 47.3 Å². The van der Waals surface area contributed by atoms with Gasteiger partial charge in [0.1, 0.15) is 11.4 Å². The lowest BCUT2D eigenvalue weighted by molar-refractivity contribution is 0.0519. The minimum absolute atomic E-state index is 0.149. The maximum atomic E-state index is 12.3. The summed E-state index contributed by atoms with van der Waals surface area (Å²) in [5, 5.41) is 10.3. The van der Waals surface area contributed by atoms with Gasteiger partial charge in [0, 0.05) is 0 Å². The zero-order valence-corrected chi connectivity index (χ0v) is 14.3. The van der Waals surface area contributed by atoms with Crippen molar-refractivity contribution in [2.75, 3.05) is 6.61 Å². The molecular formula is C15H18N4O4S. The number of carbonyl (C=O) groups excluding carboxylic acids is 1. The molecule has 128 valence electrons. The number of nitrogens with one attached hydrogen (secondary N) is 2. The Morgan fingerprint density at radius 2 is 2.08 bits per heavy atom. The molecule has 0 bridgehead atoms. The molecule has 2 aromatic rings. The zero-order valence-electron chi connectivity index (χ0n) is 13.5. The number of aromatic amines is 1. The number of sulfonamides is 1. The van der Waals surface area contributed by atoms with Crippen LogP contribution in [0.1, 0.15) is 35.6 Å². The number of nitrogens with zero attached hydrogens (tertiary/aromatic N) is 2. The molecule has 0 spiro atoms. The van der Waals surface area contributed by atoms with E-state index in [-0.39, 0.29) is 17.2 Å². The van der Waals surface area contributed by atoms with E-state index in [4.69, 9.17) is 4.74 Å². The normalized spacial score (nSPS) is 12.0. The summed E-state index contributed by atoms with van der Waals surface area (Å²) < 4.78 is 29.4. The molecule has 0 aliphatic rings. The molecule has 2 N–H and O–H groups in total. The van der Waals surface area contributed by atoms with Crippen molar-refractivity contribution in [1.29, 1.82) is 0 Å². The number of hydrazone groups is 1. The van der Waals surface area contributed by atoms with Crippen LogP contribution in [0.15, 0.2) is 40.3 Å². The highest BCUT2D eigenvalue weighted by molar-refractivity contribution is 7.89. The molecule has 8 nitrogen and oxygen atoms in total. The summed E-state index contributed by atoms with van der Waals surface area (Å²) in [5.41, 5.74) is 1.43. The standard InChI is InChI=1S/C15H18N4O4S/c1-4-23-15(20)13-9-12(17-18-13)11(3)16-19-24(21,22)14-8-6-5-7-10(14)2/h5-9,19H,4H2,1-3H3,(H,17,18). The number of benzene rings is 1. The maximum absolute atomic E-state index is 12.3. The van der Waals surface area contributed by atoms with E-state index in [2.05, 4.69) is 20.1 Å². The fourth-order valence-electron chi connectivity index (χ4n) is 1.91. The van der Waals surface area contributed by atoms with Gasteiger partial charge in [-0.25, -0.2) is 4.79 Å². The quantitative estimate of drug-likeness (QED) is 0.467. The van der Waals surface area contributed by atoms with Gasteiger partial charge in [-0.05, 0) is 38.5 Å². The van der Waals surface area contributed by atoms with Gasteiger partial charge in [0.2, 0.25) is 0 Å². The van der Waals surface area contributed by atoms with Gasteiger partial charge < -0.3 is 4.74 Å². The summed E-state index contributed by atoms with van der Waals surface area (Å²) >= 11 is 0. The molecule has 0 saturated heterocycles. The molecule has 0 saturated carbocycles. The van der Waals surface area contributed by atoms with Gasteiger partial charge >= 0.3 is 5.97 Å². The Labute approximate surface area is 140 Å². The van der Waals surface area contributed by atoms with E-state index >= 15 is 0 Å². The van der Waals surface area contributed by atoms with Crippen molar-refractivity contribution in [3.63, 3.8) is 0 Å². The van der Waals surface area contributed by atoms with Crippen LogP contribution in [0.2, 0.25) is 0 Å². The highest BCUT2D eigenvalue weighted by Crippen LogP contribution is 2.13. The minimum Gasteiger partial charge on any atom is -0.461 e. The van der Waals surface area contributed by atoms with Gasteiger partial charge in [0.15, 0.2) is 0 Å². The van der Waals surface area contributed by atoms with Crippen LogP contribution < -0.4 is 4.83 Å². The number of hydrogen-bond donors (Lipinski definition) is 2. The Morgan fingerprint density at radius 3 is 2.75 bits per heavy atom. The van der Waals surface area contributed by atoms with Crippen LogP contribution in [0.5, 0.6) is 0 Å². The largest absolute Gasteiger partial charge is 0.461 e. The fourth-order valence-corrected chi connectivity index (χ4v) is 3.02. The Hall–Kier alpha value is -2.68. The van der Waals surface area contributed by atoms with Crippen LogP contribution in [0.25, 0.3) is 0 Å². The van der Waals surface area contributed by atoms with Gasteiger partial charge in [-0.3, -0.25) is 5.10 Å². The molecule has 0 atom stereocenters. The highest BCUT2D eigenvalue weighted by atomic mass is 32.2. The number of rotatable bonds is 6. The SMILES string of the molecule is CCOC(=O)c1cc(C(C)=NNS(=O)(=O)c2ccccc2C)n[nH]1. The van der Waals surface area contributed by atoms with E-state index in [9.17, 15) is 13.2 Å². The first-order valence-electron chi connectivity index (χ1n) is 7.19. The average Bonchev–Trinajstić information content (AvgIpc) is 3.03. The third kappa shape index (κ3) is 3.99. The third-order valence-corrected chi connectivity index (χ3v) is 4.53. The number of ether oxygens (including phenoxy) is 1. The van der Waals surface area contributed by atoms with Crippen molar-refractivity contribution in [2.45, 2.75) is 25.7 Å². The fraction of sp³-hybridized carbons (Fsp3) is 0.267. The van der Waals surface area contributed by atoms with E-state index in [0.29, 0.717) is 17.0 Å². The molecule has 0 aliphatic carbocycles. The lowest BCUT2D eigenvalue weighted by atomic mass is 10.2. The molecule has 1 heterocycles. The Balaban J connectivity index is 2.17. The number of hydrogen-bond acceptors (Lipinski definition) is 6. The Kier molecular flexibility index (Phi) is 5.35. The second-order valence-electron chi connectivity index (χ2n) is 4.94. The van der Waals surface area contributed by atoms with Crippen molar-refractivity contribution >= 4 is 21.7 Å². The smallest absolute Gasteiger partial charge is 0.356 e. The topological polar surface area (TPSA) is 114 Å². The molecule has 0 unspecified atom stereocenters.